The Morgan fingerprint density at radius 1 is 1.00 bits per heavy atom. The highest BCUT2D eigenvalue weighted by molar-refractivity contribution is 4.89. The van der Waals surface area contributed by atoms with E-state index >= 15 is 0 Å². The molecule has 2 saturated heterocycles. The van der Waals surface area contributed by atoms with Crippen molar-refractivity contribution in [3.8, 4) is 0 Å². The molecule has 118 valence electrons. The minimum absolute atomic E-state index is 0.710. The molecule has 2 heterocycles. The minimum atomic E-state index is 0.710. The number of nitrogens with zero attached hydrogens (tertiary/aromatic N) is 2. The first-order valence-corrected chi connectivity index (χ1v) is 8.76. The van der Waals surface area contributed by atoms with Gasteiger partial charge in [-0.25, -0.2) is 0 Å². The first-order valence-electron chi connectivity index (χ1n) is 8.76. The Labute approximate surface area is 126 Å². The van der Waals surface area contributed by atoms with Gasteiger partial charge < -0.3 is 5.32 Å². The highest BCUT2D eigenvalue weighted by Crippen LogP contribution is 2.23. The summed E-state index contributed by atoms with van der Waals surface area (Å²) in [6.45, 7) is 17.0. The quantitative estimate of drug-likeness (QED) is 0.773. The van der Waals surface area contributed by atoms with Crippen LogP contribution in [0.5, 0.6) is 0 Å². The number of hydrogen-bond acceptors (Lipinski definition) is 3. The lowest BCUT2D eigenvalue weighted by Gasteiger charge is -2.31. The molecule has 0 aromatic heterocycles. The number of nitrogens with one attached hydrogen (secondary N) is 1. The van der Waals surface area contributed by atoms with E-state index in [1.165, 1.54) is 45.4 Å². The fourth-order valence-electron chi connectivity index (χ4n) is 3.67. The Hall–Kier alpha value is -0.120. The summed E-state index contributed by atoms with van der Waals surface area (Å²) in [6, 6.07) is 1.55. The Kier molecular flexibility index (Phi) is 6.31. The predicted molar refractivity (Wildman–Crippen MR) is 87.1 cm³/mol. The van der Waals surface area contributed by atoms with Crippen LogP contribution in [0, 0.1) is 11.8 Å². The molecule has 2 fully saturated rings. The van der Waals surface area contributed by atoms with E-state index in [0.717, 1.165) is 31.0 Å². The molecule has 3 nitrogen and oxygen atoms in total. The molecule has 2 aliphatic heterocycles. The van der Waals surface area contributed by atoms with E-state index in [2.05, 4.69) is 42.8 Å². The molecule has 0 saturated carbocycles. The zero-order valence-corrected chi connectivity index (χ0v) is 14.1. The highest BCUT2D eigenvalue weighted by Gasteiger charge is 2.32. The minimum Gasteiger partial charge on any atom is -0.316 e. The lowest BCUT2D eigenvalue weighted by Crippen LogP contribution is -2.42. The van der Waals surface area contributed by atoms with Crippen molar-refractivity contribution in [3.05, 3.63) is 0 Å². The summed E-state index contributed by atoms with van der Waals surface area (Å²) >= 11 is 0. The summed E-state index contributed by atoms with van der Waals surface area (Å²) in [5.41, 5.74) is 0. The van der Waals surface area contributed by atoms with Gasteiger partial charge in [0.2, 0.25) is 0 Å². The maximum atomic E-state index is 3.62. The van der Waals surface area contributed by atoms with Crippen LogP contribution in [-0.2, 0) is 0 Å². The van der Waals surface area contributed by atoms with Crippen LogP contribution in [0.2, 0.25) is 0 Å². The maximum Gasteiger partial charge on any atom is 0.0235 e. The van der Waals surface area contributed by atoms with Crippen LogP contribution in [0.3, 0.4) is 0 Å². The molecule has 3 atom stereocenters. The highest BCUT2D eigenvalue weighted by atomic mass is 15.3. The van der Waals surface area contributed by atoms with E-state index < -0.39 is 0 Å². The SMILES string of the molecule is CC(C)CNCC(C)C(C)N1CCC(N2CCCC2)C1. The topological polar surface area (TPSA) is 18.5 Å². The van der Waals surface area contributed by atoms with Gasteiger partial charge in [0.1, 0.15) is 0 Å². The van der Waals surface area contributed by atoms with E-state index in [1.807, 2.05) is 0 Å². The average Bonchev–Trinajstić information content (AvgIpc) is 3.07. The fourth-order valence-corrected chi connectivity index (χ4v) is 3.67. The van der Waals surface area contributed by atoms with Crippen molar-refractivity contribution < 1.29 is 0 Å². The predicted octanol–water partition coefficient (Wildman–Crippen LogP) is 2.43. The summed E-state index contributed by atoms with van der Waals surface area (Å²) in [7, 11) is 0. The zero-order valence-electron chi connectivity index (χ0n) is 14.1. The molecule has 2 rings (SSSR count). The first kappa shape index (κ1) is 16.3. The lowest BCUT2D eigenvalue weighted by atomic mass is 10.0. The molecule has 1 N–H and O–H groups in total. The molecular formula is C17H35N3. The zero-order chi connectivity index (χ0) is 14.5. The van der Waals surface area contributed by atoms with Crippen LogP contribution < -0.4 is 5.32 Å². The van der Waals surface area contributed by atoms with Gasteiger partial charge in [-0.1, -0.05) is 20.8 Å². The average molecular weight is 281 g/mol. The fraction of sp³-hybridized carbons (Fsp3) is 1.00. The number of rotatable bonds is 7. The molecule has 3 unspecified atom stereocenters. The van der Waals surface area contributed by atoms with Gasteiger partial charge in [-0.3, -0.25) is 9.80 Å². The third kappa shape index (κ3) is 4.44. The van der Waals surface area contributed by atoms with Crippen molar-refractivity contribution in [1.82, 2.24) is 15.1 Å². The van der Waals surface area contributed by atoms with E-state index in [0.29, 0.717) is 6.04 Å². The molecular weight excluding hydrogens is 246 g/mol. The van der Waals surface area contributed by atoms with Gasteiger partial charge in [0, 0.05) is 25.2 Å². The van der Waals surface area contributed by atoms with Gasteiger partial charge in [-0.15, -0.1) is 0 Å². The van der Waals surface area contributed by atoms with E-state index in [4.69, 9.17) is 0 Å². The van der Waals surface area contributed by atoms with Crippen molar-refractivity contribution >= 4 is 0 Å². The molecule has 0 aromatic rings. The molecule has 3 heteroatoms. The van der Waals surface area contributed by atoms with Crippen molar-refractivity contribution in [2.45, 2.75) is 59.0 Å². The van der Waals surface area contributed by atoms with Crippen molar-refractivity contribution in [3.63, 3.8) is 0 Å². The standard InChI is InChI=1S/C17H35N3/c1-14(2)11-18-12-15(3)16(4)20-10-7-17(13-20)19-8-5-6-9-19/h14-18H,5-13H2,1-4H3. The normalized spacial score (nSPS) is 28.4. The summed E-state index contributed by atoms with van der Waals surface area (Å²) in [6.07, 6.45) is 4.22. The van der Waals surface area contributed by atoms with Crippen LogP contribution >= 0.6 is 0 Å². The van der Waals surface area contributed by atoms with Gasteiger partial charge in [-0.2, -0.15) is 0 Å². The van der Waals surface area contributed by atoms with Gasteiger partial charge in [-0.05, 0) is 64.2 Å². The third-order valence-corrected chi connectivity index (χ3v) is 5.27. The van der Waals surface area contributed by atoms with Crippen LogP contribution in [0.15, 0.2) is 0 Å². The third-order valence-electron chi connectivity index (χ3n) is 5.27. The summed E-state index contributed by atoms with van der Waals surface area (Å²) in [5, 5.41) is 3.62. The largest absolute Gasteiger partial charge is 0.316 e. The molecule has 0 spiro atoms. The summed E-state index contributed by atoms with van der Waals surface area (Å²) in [5.74, 6) is 1.50. The first-order chi connectivity index (χ1) is 9.58. The van der Waals surface area contributed by atoms with Crippen LogP contribution in [-0.4, -0.2) is 61.2 Å². The van der Waals surface area contributed by atoms with E-state index in [-0.39, 0.29) is 0 Å². The number of likely N-dealkylation sites (tertiary alicyclic amines) is 2. The van der Waals surface area contributed by atoms with Crippen LogP contribution in [0.25, 0.3) is 0 Å². The van der Waals surface area contributed by atoms with Gasteiger partial charge in [0.15, 0.2) is 0 Å². The Bertz CT molecular complexity index is 273. The van der Waals surface area contributed by atoms with E-state index in [9.17, 15) is 0 Å². The van der Waals surface area contributed by atoms with Crippen LogP contribution in [0.1, 0.15) is 47.0 Å². The summed E-state index contributed by atoms with van der Waals surface area (Å²) in [4.78, 5) is 5.46. The van der Waals surface area contributed by atoms with Crippen molar-refractivity contribution in [2.24, 2.45) is 11.8 Å². The molecule has 0 aliphatic carbocycles. The molecule has 20 heavy (non-hydrogen) atoms. The molecule has 0 aromatic carbocycles. The molecule has 0 bridgehead atoms. The molecule has 2 aliphatic rings. The monoisotopic (exact) mass is 281 g/mol. The van der Waals surface area contributed by atoms with Crippen LogP contribution in [0.4, 0.5) is 0 Å². The Balaban J connectivity index is 1.71. The smallest absolute Gasteiger partial charge is 0.0235 e. The molecule has 0 radical (unpaired) electrons. The Morgan fingerprint density at radius 2 is 1.70 bits per heavy atom. The van der Waals surface area contributed by atoms with Crippen molar-refractivity contribution in [1.29, 1.82) is 0 Å². The second-order valence-corrected chi connectivity index (χ2v) is 7.45. The van der Waals surface area contributed by atoms with Crippen molar-refractivity contribution in [2.75, 3.05) is 39.3 Å². The second-order valence-electron chi connectivity index (χ2n) is 7.45. The second kappa shape index (κ2) is 7.77. The number of hydrogen-bond donors (Lipinski definition) is 1. The molecule has 0 amide bonds. The van der Waals surface area contributed by atoms with Gasteiger partial charge in [0.25, 0.3) is 0 Å². The van der Waals surface area contributed by atoms with Gasteiger partial charge in [0.05, 0.1) is 0 Å². The van der Waals surface area contributed by atoms with E-state index in [1.54, 1.807) is 0 Å². The summed E-state index contributed by atoms with van der Waals surface area (Å²) < 4.78 is 0. The van der Waals surface area contributed by atoms with Gasteiger partial charge >= 0.3 is 0 Å². The Morgan fingerprint density at radius 3 is 2.35 bits per heavy atom. The lowest BCUT2D eigenvalue weighted by molar-refractivity contribution is 0.171. The maximum absolute atomic E-state index is 3.62.